The Labute approximate surface area is 199 Å². The molecule has 1 amide bonds. The summed E-state index contributed by atoms with van der Waals surface area (Å²) >= 11 is 0. The number of aromatic nitrogens is 1. The number of rotatable bonds is 6. The topological polar surface area (TPSA) is 58.8 Å². The van der Waals surface area contributed by atoms with Crippen molar-refractivity contribution in [3.05, 3.63) is 102 Å². The second-order valence-electron chi connectivity index (χ2n) is 8.38. The minimum absolute atomic E-state index is 0.0260. The van der Waals surface area contributed by atoms with Gasteiger partial charge in [-0.25, -0.2) is 0 Å². The number of carbonyl (C=O) groups is 1. The molecule has 0 saturated carbocycles. The van der Waals surface area contributed by atoms with Gasteiger partial charge in [-0.3, -0.25) is 4.79 Å². The lowest BCUT2D eigenvalue weighted by atomic mass is 10.0. The summed E-state index contributed by atoms with van der Waals surface area (Å²) < 4.78 is 11.3. The third-order valence-electron chi connectivity index (χ3n) is 6.14. The Morgan fingerprint density at radius 3 is 2.21 bits per heavy atom. The van der Waals surface area contributed by atoms with E-state index in [1.54, 1.807) is 6.92 Å². The van der Waals surface area contributed by atoms with Crippen molar-refractivity contribution < 1.29 is 14.1 Å². The number of anilines is 1. The average molecular weight is 454 g/mol. The van der Waals surface area contributed by atoms with Gasteiger partial charge < -0.3 is 19.1 Å². The molecule has 6 heteroatoms. The Morgan fingerprint density at radius 2 is 1.53 bits per heavy atom. The predicted molar refractivity (Wildman–Crippen MR) is 132 cm³/mol. The zero-order valence-corrected chi connectivity index (χ0v) is 19.2. The number of carbonyl (C=O) groups excluding carboxylic acids is 1. The molecule has 0 unspecified atom stereocenters. The van der Waals surface area contributed by atoms with Crippen molar-refractivity contribution >= 4 is 11.6 Å². The molecule has 1 saturated heterocycles. The third-order valence-corrected chi connectivity index (χ3v) is 6.14. The lowest BCUT2D eigenvalue weighted by Crippen LogP contribution is -2.49. The predicted octanol–water partition coefficient (Wildman–Crippen LogP) is 5.19. The molecule has 5 rings (SSSR count). The largest absolute Gasteiger partial charge is 0.489 e. The molecule has 1 aliphatic rings. The van der Waals surface area contributed by atoms with Crippen LogP contribution in [0.5, 0.6) is 5.75 Å². The van der Waals surface area contributed by atoms with Crippen LogP contribution in [0, 0.1) is 6.92 Å². The molecule has 1 fully saturated rings. The monoisotopic (exact) mass is 453 g/mol. The van der Waals surface area contributed by atoms with Crippen LogP contribution < -0.4 is 9.64 Å². The summed E-state index contributed by atoms with van der Waals surface area (Å²) in [6.45, 7) is 5.16. The van der Waals surface area contributed by atoms with Gasteiger partial charge in [0, 0.05) is 37.4 Å². The second-order valence-corrected chi connectivity index (χ2v) is 8.38. The number of amides is 1. The van der Waals surface area contributed by atoms with Gasteiger partial charge in [-0.1, -0.05) is 65.8 Å². The summed E-state index contributed by atoms with van der Waals surface area (Å²) in [5, 5.41) is 4.16. The van der Waals surface area contributed by atoms with Gasteiger partial charge in [-0.05, 0) is 36.8 Å². The molecule has 0 radical (unpaired) electrons. The quantitative estimate of drug-likeness (QED) is 0.402. The van der Waals surface area contributed by atoms with Crippen molar-refractivity contribution in [1.29, 1.82) is 0 Å². The summed E-state index contributed by atoms with van der Waals surface area (Å²) in [6, 6.07) is 28.0. The van der Waals surface area contributed by atoms with E-state index in [1.165, 1.54) is 0 Å². The van der Waals surface area contributed by atoms with Crippen molar-refractivity contribution in [2.45, 2.75) is 13.5 Å². The van der Waals surface area contributed by atoms with E-state index >= 15 is 0 Å². The molecule has 2 heterocycles. The molecule has 34 heavy (non-hydrogen) atoms. The van der Waals surface area contributed by atoms with Crippen LogP contribution in [0.2, 0.25) is 0 Å². The van der Waals surface area contributed by atoms with Crippen molar-refractivity contribution in [1.82, 2.24) is 10.1 Å². The maximum atomic E-state index is 13.3. The van der Waals surface area contributed by atoms with Crippen molar-refractivity contribution in [2.24, 2.45) is 0 Å². The molecule has 1 aromatic heterocycles. The SMILES string of the molecule is Cc1onc(-c2ccccc2)c1C(=O)N1CCN(c2ccc(OCc3ccccc3)cc2)CC1. The minimum Gasteiger partial charge on any atom is -0.489 e. The zero-order chi connectivity index (χ0) is 23.3. The van der Waals surface area contributed by atoms with E-state index in [-0.39, 0.29) is 5.91 Å². The first-order valence-electron chi connectivity index (χ1n) is 11.5. The first-order valence-corrected chi connectivity index (χ1v) is 11.5. The van der Waals surface area contributed by atoms with Gasteiger partial charge >= 0.3 is 0 Å². The number of ether oxygens (including phenoxy) is 1. The summed E-state index contributed by atoms with van der Waals surface area (Å²) in [5.74, 6) is 1.37. The highest BCUT2D eigenvalue weighted by Crippen LogP contribution is 2.27. The van der Waals surface area contributed by atoms with E-state index in [4.69, 9.17) is 9.26 Å². The number of piperazine rings is 1. The Morgan fingerprint density at radius 1 is 0.882 bits per heavy atom. The van der Waals surface area contributed by atoms with E-state index < -0.39 is 0 Å². The van der Waals surface area contributed by atoms with E-state index in [2.05, 4.69) is 34.3 Å². The first-order chi connectivity index (χ1) is 16.7. The molecule has 172 valence electrons. The molecule has 4 aromatic rings. The molecule has 0 atom stereocenters. The van der Waals surface area contributed by atoms with Gasteiger partial charge in [0.05, 0.1) is 0 Å². The fourth-order valence-corrected chi connectivity index (χ4v) is 4.24. The van der Waals surface area contributed by atoms with Crippen LogP contribution in [-0.2, 0) is 6.61 Å². The molecular formula is C28H27N3O3. The summed E-state index contributed by atoms with van der Waals surface area (Å²) in [6.07, 6.45) is 0. The summed E-state index contributed by atoms with van der Waals surface area (Å²) in [4.78, 5) is 17.5. The van der Waals surface area contributed by atoms with Gasteiger partial charge in [0.25, 0.3) is 5.91 Å². The fraction of sp³-hybridized carbons (Fsp3) is 0.214. The smallest absolute Gasteiger partial charge is 0.259 e. The first kappa shape index (κ1) is 21.8. The molecule has 0 N–H and O–H groups in total. The molecular weight excluding hydrogens is 426 g/mol. The minimum atomic E-state index is -0.0260. The highest BCUT2D eigenvalue weighted by molar-refractivity contribution is 6.00. The molecule has 6 nitrogen and oxygen atoms in total. The zero-order valence-electron chi connectivity index (χ0n) is 19.2. The van der Waals surface area contributed by atoms with E-state index in [1.807, 2.05) is 65.6 Å². The van der Waals surface area contributed by atoms with Crippen LogP contribution in [0.25, 0.3) is 11.3 Å². The van der Waals surface area contributed by atoms with Gasteiger partial charge in [-0.2, -0.15) is 0 Å². The highest BCUT2D eigenvalue weighted by Gasteiger charge is 2.28. The van der Waals surface area contributed by atoms with E-state index in [0.29, 0.717) is 36.7 Å². The van der Waals surface area contributed by atoms with Gasteiger partial charge in [-0.15, -0.1) is 0 Å². The Hall–Kier alpha value is -4.06. The molecule has 0 spiro atoms. The lowest BCUT2D eigenvalue weighted by molar-refractivity contribution is 0.0745. The Kier molecular flexibility index (Phi) is 6.29. The molecule has 3 aromatic carbocycles. The molecule has 1 aliphatic heterocycles. The maximum absolute atomic E-state index is 13.3. The van der Waals surface area contributed by atoms with Gasteiger partial charge in [0.1, 0.15) is 29.4 Å². The molecule has 0 bridgehead atoms. The van der Waals surface area contributed by atoms with Crippen LogP contribution in [0.4, 0.5) is 5.69 Å². The van der Waals surface area contributed by atoms with Crippen molar-refractivity contribution in [3.8, 4) is 17.0 Å². The molecule has 0 aliphatic carbocycles. The Bertz CT molecular complexity index is 1230. The Balaban J connectivity index is 1.20. The number of hydrogen-bond donors (Lipinski definition) is 0. The van der Waals surface area contributed by atoms with Gasteiger partial charge in [0.2, 0.25) is 0 Å². The van der Waals surface area contributed by atoms with Crippen molar-refractivity contribution in [2.75, 3.05) is 31.1 Å². The standard InChI is InChI=1S/C28H27N3O3/c1-21-26(27(29-34-21)23-10-6-3-7-11-23)28(32)31-18-16-30(17-19-31)24-12-14-25(15-13-24)33-20-22-8-4-2-5-9-22/h2-15H,16-20H2,1H3. The lowest BCUT2D eigenvalue weighted by Gasteiger charge is -2.36. The van der Waals surface area contributed by atoms with Crippen LogP contribution in [-0.4, -0.2) is 42.1 Å². The number of nitrogens with zero attached hydrogens (tertiary/aromatic N) is 3. The third kappa shape index (κ3) is 4.66. The fourth-order valence-electron chi connectivity index (χ4n) is 4.24. The van der Waals surface area contributed by atoms with Crippen LogP contribution in [0.1, 0.15) is 21.7 Å². The number of aryl methyl sites for hydroxylation is 1. The van der Waals surface area contributed by atoms with Gasteiger partial charge in [0.15, 0.2) is 0 Å². The van der Waals surface area contributed by atoms with Crippen LogP contribution >= 0.6 is 0 Å². The van der Waals surface area contributed by atoms with Crippen LogP contribution in [0.3, 0.4) is 0 Å². The van der Waals surface area contributed by atoms with E-state index in [0.717, 1.165) is 35.7 Å². The highest BCUT2D eigenvalue weighted by atomic mass is 16.5. The number of hydrogen-bond acceptors (Lipinski definition) is 5. The summed E-state index contributed by atoms with van der Waals surface area (Å²) in [5.41, 5.74) is 4.32. The number of benzene rings is 3. The van der Waals surface area contributed by atoms with Crippen molar-refractivity contribution in [3.63, 3.8) is 0 Å². The normalized spacial score (nSPS) is 13.7. The average Bonchev–Trinajstić information content (AvgIpc) is 3.30. The van der Waals surface area contributed by atoms with Crippen LogP contribution in [0.15, 0.2) is 89.5 Å². The van der Waals surface area contributed by atoms with E-state index in [9.17, 15) is 4.79 Å². The summed E-state index contributed by atoms with van der Waals surface area (Å²) in [7, 11) is 0. The second kappa shape index (κ2) is 9.83. The maximum Gasteiger partial charge on any atom is 0.259 e.